The van der Waals surface area contributed by atoms with Crippen LogP contribution in [0.1, 0.15) is 5.56 Å². The Hall–Kier alpha value is -2.66. The minimum Gasteiger partial charge on any atom is -0.300 e. The molecule has 2 aromatic rings. The summed E-state index contributed by atoms with van der Waals surface area (Å²) in [6.07, 6.45) is 5.51. The zero-order chi connectivity index (χ0) is 16.1. The topological polar surface area (TPSA) is 41.5 Å². The van der Waals surface area contributed by atoms with E-state index < -0.39 is 0 Å². The zero-order valence-electron chi connectivity index (χ0n) is 12.1. The smallest absolute Gasteiger partial charge is 0.264 e. The lowest BCUT2D eigenvalue weighted by molar-refractivity contribution is -0.115. The number of hydrogen-bond acceptors (Lipinski definition) is 3. The number of thioether (sulfide) groups is 1. The third-order valence-corrected chi connectivity index (χ3v) is 3.97. The number of nitrogens with zero attached hydrogens (tertiary/aromatic N) is 1. The van der Waals surface area contributed by atoms with Crippen LogP contribution in [0.15, 0.2) is 76.6 Å². The Labute approximate surface area is 137 Å². The summed E-state index contributed by atoms with van der Waals surface area (Å²) in [5.74, 6) is -0.503. The quantitative estimate of drug-likeness (QED) is 0.857. The molecule has 0 spiro atoms. The first-order valence-electron chi connectivity index (χ1n) is 6.97. The van der Waals surface area contributed by atoms with E-state index in [1.165, 1.54) is 23.9 Å². The van der Waals surface area contributed by atoms with Crippen molar-refractivity contribution in [1.82, 2.24) is 5.32 Å². The van der Waals surface area contributed by atoms with E-state index in [0.717, 1.165) is 5.56 Å². The van der Waals surface area contributed by atoms with Crippen LogP contribution in [0, 0.1) is 5.82 Å². The van der Waals surface area contributed by atoms with Gasteiger partial charge in [-0.1, -0.05) is 42.5 Å². The fourth-order valence-electron chi connectivity index (χ4n) is 1.94. The van der Waals surface area contributed by atoms with Crippen molar-refractivity contribution in [2.75, 3.05) is 0 Å². The van der Waals surface area contributed by atoms with E-state index in [4.69, 9.17) is 0 Å². The van der Waals surface area contributed by atoms with Gasteiger partial charge in [0.15, 0.2) is 5.17 Å². The average molecular weight is 324 g/mol. The van der Waals surface area contributed by atoms with Gasteiger partial charge in [-0.2, -0.15) is 0 Å². The lowest BCUT2D eigenvalue weighted by atomic mass is 10.2. The Morgan fingerprint density at radius 2 is 1.78 bits per heavy atom. The minimum atomic E-state index is -0.316. The van der Waals surface area contributed by atoms with Gasteiger partial charge in [0, 0.05) is 0 Å². The van der Waals surface area contributed by atoms with Crippen LogP contribution in [0.2, 0.25) is 0 Å². The van der Waals surface area contributed by atoms with E-state index in [-0.39, 0.29) is 11.7 Å². The Morgan fingerprint density at radius 1 is 1.04 bits per heavy atom. The highest BCUT2D eigenvalue weighted by Gasteiger charge is 2.22. The number of hydrogen-bond donors (Lipinski definition) is 1. The third kappa shape index (κ3) is 4.17. The highest BCUT2D eigenvalue weighted by molar-refractivity contribution is 8.18. The molecule has 0 aliphatic carbocycles. The molecule has 3 rings (SSSR count). The van der Waals surface area contributed by atoms with Gasteiger partial charge in [-0.3, -0.25) is 4.79 Å². The van der Waals surface area contributed by atoms with Gasteiger partial charge in [-0.15, -0.1) is 0 Å². The Bertz CT molecular complexity index is 796. The molecular formula is C18H13FN2OS. The fraction of sp³-hybridized carbons (Fsp3) is 0. The van der Waals surface area contributed by atoms with Gasteiger partial charge in [-0.05, 0) is 47.7 Å². The van der Waals surface area contributed by atoms with Crippen molar-refractivity contribution in [3.8, 4) is 0 Å². The number of amidine groups is 1. The number of amides is 1. The summed E-state index contributed by atoms with van der Waals surface area (Å²) in [6, 6.07) is 15.6. The van der Waals surface area contributed by atoms with E-state index in [0.29, 0.717) is 15.8 Å². The highest BCUT2D eigenvalue weighted by atomic mass is 32.2. The zero-order valence-corrected chi connectivity index (χ0v) is 12.9. The third-order valence-electron chi connectivity index (χ3n) is 3.04. The van der Waals surface area contributed by atoms with E-state index >= 15 is 0 Å². The summed E-state index contributed by atoms with van der Waals surface area (Å²) in [4.78, 5) is 16.7. The molecule has 23 heavy (non-hydrogen) atoms. The highest BCUT2D eigenvalue weighted by Crippen LogP contribution is 2.26. The lowest BCUT2D eigenvalue weighted by Crippen LogP contribution is -2.19. The number of halogens is 1. The van der Waals surface area contributed by atoms with Gasteiger partial charge in [-0.25, -0.2) is 9.38 Å². The minimum absolute atomic E-state index is 0.187. The number of carbonyl (C=O) groups is 1. The van der Waals surface area contributed by atoms with Gasteiger partial charge in [0.25, 0.3) is 5.91 Å². The molecule has 3 nitrogen and oxygen atoms in total. The van der Waals surface area contributed by atoms with Crippen molar-refractivity contribution in [1.29, 1.82) is 0 Å². The Kier molecular flexibility index (Phi) is 4.68. The van der Waals surface area contributed by atoms with Crippen molar-refractivity contribution in [2.45, 2.75) is 0 Å². The molecule has 0 saturated carbocycles. The molecule has 1 saturated heterocycles. The first-order valence-corrected chi connectivity index (χ1v) is 7.79. The second-order valence-electron chi connectivity index (χ2n) is 4.75. The van der Waals surface area contributed by atoms with Crippen LogP contribution in [0.3, 0.4) is 0 Å². The van der Waals surface area contributed by atoms with Crippen LogP contribution in [-0.4, -0.2) is 11.1 Å². The summed E-state index contributed by atoms with van der Waals surface area (Å²) >= 11 is 1.26. The second-order valence-corrected chi connectivity index (χ2v) is 5.78. The van der Waals surface area contributed by atoms with Crippen LogP contribution in [0.4, 0.5) is 10.1 Å². The molecule has 0 unspecified atom stereocenters. The molecule has 5 heteroatoms. The molecule has 1 heterocycles. The van der Waals surface area contributed by atoms with Crippen molar-refractivity contribution in [2.24, 2.45) is 4.99 Å². The fourth-order valence-corrected chi connectivity index (χ4v) is 2.73. The molecule has 0 radical (unpaired) electrons. The predicted molar refractivity (Wildman–Crippen MR) is 92.8 cm³/mol. The largest absolute Gasteiger partial charge is 0.300 e. The van der Waals surface area contributed by atoms with E-state index in [2.05, 4.69) is 10.3 Å². The molecule has 1 amide bonds. The summed E-state index contributed by atoms with van der Waals surface area (Å²) in [5, 5.41) is 3.18. The van der Waals surface area contributed by atoms with Crippen LogP contribution in [-0.2, 0) is 4.79 Å². The molecular weight excluding hydrogens is 311 g/mol. The van der Waals surface area contributed by atoms with Crippen LogP contribution < -0.4 is 5.32 Å². The predicted octanol–water partition coefficient (Wildman–Crippen LogP) is 4.27. The maximum atomic E-state index is 12.9. The van der Waals surface area contributed by atoms with Gasteiger partial charge in [0.05, 0.1) is 10.6 Å². The summed E-state index contributed by atoms with van der Waals surface area (Å²) in [6.45, 7) is 0. The van der Waals surface area contributed by atoms with Gasteiger partial charge in [0.1, 0.15) is 5.82 Å². The standard InChI is InChI=1S/C18H13FN2OS/c19-14-9-11-15(12-10-14)20-18-21-17(22)16(23-18)8-4-7-13-5-2-1-3-6-13/h1-12H,(H,20,21,22)/b7-4+,16-8+. The summed E-state index contributed by atoms with van der Waals surface area (Å²) in [5.41, 5.74) is 1.66. The number of aliphatic imine (C=N–C) groups is 1. The van der Waals surface area contributed by atoms with E-state index in [1.807, 2.05) is 42.5 Å². The average Bonchev–Trinajstić information content (AvgIpc) is 2.90. The monoisotopic (exact) mass is 324 g/mol. The lowest BCUT2D eigenvalue weighted by Gasteiger charge is -1.95. The second kappa shape index (κ2) is 7.07. The molecule has 0 aromatic heterocycles. The normalized spacial score (nSPS) is 18.0. The van der Waals surface area contributed by atoms with Gasteiger partial charge < -0.3 is 5.32 Å². The van der Waals surface area contributed by atoms with Crippen LogP contribution >= 0.6 is 11.8 Å². The van der Waals surface area contributed by atoms with Crippen molar-refractivity contribution >= 4 is 34.6 Å². The van der Waals surface area contributed by atoms with E-state index in [1.54, 1.807) is 18.2 Å². The molecule has 1 aliphatic rings. The van der Waals surface area contributed by atoms with Crippen LogP contribution in [0.25, 0.3) is 6.08 Å². The molecule has 1 aliphatic heterocycles. The Morgan fingerprint density at radius 3 is 2.52 bits per heavy atom. The van der Waals surface area contributed by atoms with Gasteiger partial charge >= 0.3 is 0 Å². The number of benzene rings is 2. The SMILES string of the molecule is O=C1NC(=Nc2ccc(F)cc2)S/C1=C/C=C/c1ccccc1. The molecule has 114 valence electrons. The molecule has 1 fully saturated rings. The molecule has 0 atom stereocenters. The first-order chi connectivity index (χ1) is 11.2. The summed E-state index contributed by atoms with van der Waals surface area (Å²) in [7, 11) is 0. The maximum Gasteiger partial charge on any atom is 0.264 e. The van der Waals surface area contributed by atoms with Crippen LogP contribution in [0.5, 0.6) is 0 Å². The maximum absolute atomic E-state index is 12.9. The first kappa shape index (κ1) is 15.2. The number of nitrogens with one attached hydrogen (secondary N) is 1. The van der Waals surface area contributed by atoms with Crippen molar-refractivity contribution in [3.63, 3.8) is 0 Å². The Balaban J connectivity index is 1.71. The number of allylic oxidation sites excluding steroid dienone is 2. The van der Waals surface area contributed by atoms with E-state index in [9.17, 15) is 9.18 Å². The summed E-state index contributed by atoms with van der Waals surface area (Å²) < 4.78 is 12.9. The molecule has 0 bridgehead atoms. The van der Waals surface area contributed by atoms with Crippen molar-refractivity contribution < 1.29 is 9.18 Å². The number of rotatable bonds is 3. The van der Waals surface area contributed by atoms with Gasteiger partial charge in [0.2, 0.25) is 0 Å². The van der Waals surface area contributed by atoms with Crippen molar-refractivity contribution in [3.05, 3.63) is 83.0 Å². The molecule has 1 N–H and O–H groups in total. The molecule has 2 aromatic carbocycles. The number of carbonyl (C=O) groups excluding carboxylic acids is 1.